The van der Waals surface area contributed by atoms with E-state index < -0.39 is 10.1 Å². The molecule has 0 N–H and O–H groups in total. The van der Waals surface area contributed by atoms with Crippen molar-refractivity contribution >= 4 is 10.1 Å². The molecule has 1 saturated heterocycles. The molecule has 1 fully saturated rings. The molecule has 0 aromatic rings. The maximum absolute atomic E-state index is 10.5. The summed E-state index contributed by atoms with van der Waals surface area (Å²) in [6, 6.07) is 0. The zero-order valence-electron chi connectivity index (χ0n) is 5.03. The lowest BCUT2D eigenvalue weighted by atomic mass is 10.4. The van der Waals surface area contributed by atoms with Crippen LogP contribution in [0.3, 0.4) is 0 Å². The van der Waals surface area contributed by atoms with Crippen LogP contribution in [0, 0.1) is 0 Å². The molecule has 0 amide bonds. The Morgan fingerprint density at radius 3 is 2.56 bits per heavy atom. The maximum Gasteiger partial charge on any atom is 0.270 e. The van der Waals surface area contributed by atoms with Crippen molar-refractivity contribution in [3.05, 3.63) is 0 Å². The summed E-state index contributed by atoms with van der Waals surface area (Å²) in [6.07, 6.45) is -0.269. The normalized spacial score (nSPS) is 32.8. The lowest BCUT2D eigenvalue weighted by molar-refractivity contribution is 0.0974. The van der Waals surface area contributed by atoms with Gasteiger partial charge in [0.05, 0.1) is 12.7 Å². The van der Waals surface area contributed by atoms with E-state index in [-0.39, 0.29) is 18.5 Å². The average Bonchev–Trinajstić information content (AvgIpc) is 2.10. The molecular formula is C4H8O4S. The zero-order chi connectivity index (χ0) is 6.91. The Kier molecular flexibility index (Phi) is 1.74. The number of hydrogen-bond donors (Lipinski definition) is 0. The van der Waals surface area contributed by atoms with Crippen molar-refractivity contribution in [3.63, 3.8) is 0 Å². The first-order valence-electron chi connectivity index (χ1n) is 2.54. The minimum atomic E-state index is -3.23. The van der Waals surface area contributed by atoms with Gasteiger partial charge in [-0.3, -0.25) is 4.18 Å². The van der Waals surface area contributed by atoms with Crippen LogP contribution < -0.4 is 0 Å². The predicted molar refractivity (Wildman–Crippen MR) is 30.5 cm³/mol. The standard InChI is InChI=1S/C4H8O4S/c1-7-4-2-8-9(5,6)3-4/h4H,2-3H2,1H3. The highest BCUT2D eigenvalue weighted by Gasteiger charge is 2.28. The molecule has 0 aliphatic carbocycles. The average molecular weight is 152 g/mol. The summed E-state index contributed by atoms with van der Waals surface area (Å²) < 4.78 is 30.1. The maximum atomic E-state index is 10.5. The molecule has 0 saturated carbocycles. The van der Waals surface area contributed by atoms with Crippen molar-refractivity contribution in [2.75, 3.05) is 19.5 Å². The molecule has 0 aromatic heterocycles. The molecule has 0 radical (unpaired) electrons. The van der Waals surface area contributed by atoms with Gasteiger partial charge in [0, 0.05) is 7.11 Å². The van der Waals surface area contributed by atoms with Crippen LogP contribution in [-0.4, -0.2) is 34.0 Å². The summed E-state index contributed by atoms with van der Waals surface area (Å²) in [7, 11) is -1.77. The second kappa shape index (κ2) is 2.24. The topological polar surface area (TPSA) is 52.6 Å². The molecule has 1 unspecified atom stereocenters. The third kappa shape index (κ3) is 1.64. The molecule has 0 bridgehead atoms. The Labute approximate surface area is 53.9 Å². The second-order valence-corrected chi connectivity index (χ2v) is 3.55. The van der Waals surface area contributed by atoms with Crippen molar-refractivity contribution in [2.45, 2.75) is 6.10 Å². The van der Waals surface area contributed by atoms with E-state index in [0.29, 0.717) is 0 Å². The van der Waals surface area contributed by atoms with Crippen molar-refractivity contribution in [2.24, 2.45) is 0 Å². The first-order chi connectivity index (χ1) is 4.14. The van der Waals surface area contributed by atoms with Crippen molar-refractivity contribution in [1.82, 2.24) is 0 Å². The van der Waals surface area contributed by atoms with E-state index in [9.17, 15) is 8.42 Å². The first kappa shape index (κ1) is 6.98. The third-order valence-corrected chi connectivity index (χ3v) is 2.43. The quantitative estimate of drug-likeness (QED) is 0.469. The summed E-state index contributed by atoms with van der Waals surface area (Å²) in [4.78, 5) is 0. The Balaban J connectivity index is 2.58. The highest BCUT2D eigenvalue weighted by Crippen LogP contribution is 2.09. The largest absolute Gasteiger partial charge is 0.378 e. The van der Waals surface area contributed by atoms with Gasteiger partial charge < -0.3 is 4.74 Å². The van der Waals surface area contributed by atoms with Gasteiger partial charge in [0.15, 0.2) is 0 Å². The smallest absolute Gasteiger partial charge is 0.270 e. The van der Waals surface area contributed by atoms with Crippen LogP contribution in [0.2, 0.25) is 0 Å². The van der Waals surface area contributed by atoms with E-state index in [1.807, 2.05) is 0 Å². The van der Waals surface area contributed by atoms with E-state index in [2.05, 4.69) is 4.18 Å². The van der Waals surface area contributed by atoms with Crippen molar-refractivity contribution in [3.8, 4) is 0 Å². The lowest BCUT2D eigenvalue weighted by Crippen LogP contribution is -2.14. The molecule has 1 aliphatic rings. The van der Waals surface area contributed by atoms with Gasteiger partial charge in [-0.05, 0) is 0 Å². The summed E-state index contributed by atoms with van der Waals surface area (Å²) in [5.74, 6) is -0.0104. The van der Waals surface area contributed by atoms with Crippen LogP contribution in [0.1, 0.15) is 0 Å². The van der Waals surface area contributed by atoms with E-state index in [4.69, 9.17) is 4.74 Å². The Morgan fingerprint density at radius 2 is 2.33 bits per heavy atom. The van der Waals surface area contributed by atoms with E-state index in [0.717, 1.165) is 0 Å². The Hall–Kier alpha value is -0.130. The van der Waals surface area contributed by atoms with Gasteiger partial charge >= 0.3 is 0 Å². The molecule has 54 valence electrons. The van der Waals surface area contributed by atoms with Crippen LogP contribution in [0.25, 0.3) is 0 Å². The fraction of sp³-hybridized carbons (Fsp3) is 1.00. The van der Waals surface area contributed by atoms with Gasteiger partial charge in [-0.25, -0.2) is 0 Å². The monoisotopic (exact) mass is 152 g/mol. The predicted octanol–water partition coefficient (Wildman–Crippen LogP) is -0.639. The molecule has 1 aliphatic heterocycles. The van der Waals surface area contributed by atoms with Gasteiger partial charge in [-0.15, -0.1) is 0 Å². The summed E-state index contributed by atoms with van der Waals surface area (Å²) in [5, 5.41) is 0. The third-order valence-electron chi connectivity index (χ3n) is 1.16. The van der Waals surface area contributed by atoms with Gasteiger partial charge in [0.1, 0.15) is 5.75 Å². The Bertz CT molecular complexity index is 183. The first-order valence-corrected chi connectivity index (χ1v) is 4.12. The van der Waals surface area contributed by atoms with Crippen molar-refractivity contribution < 1.29 is 17.3 Å². The minimum Gasteiger partial charge on any atom is -0.378 e. The summed E-state index contributed by atoms with van der Waals surface area (Å²) >= 11 is 0. The van der Waals surface area contributed by atoms with Crippen LogP contribution in [-0.2, 0) is 19.0 Å². The molecule has 1 atom stereocenters. The number of methoxy groups -OCH3 is 1. The summed E-state index contributed by atoms with van der Waals surface area (Å²) in [6.45, 7) is 0.166. The van der Waals surface area contributed by atoms with E-state index in [1.165, 1.54) is 7.11 Å². The number of hydrogen-bond acceptors (Lipinski definition) is 4. The molecular weight excluding hydrogens is 144 g/mol. The molecule has 5 heteroatoms. The van der Waals surface area contributed by atoms with Crippen LogP contribution >= 0.6 is 0 Å². The Morgan fingerprint density at radius 1 is 1.67 bits per heavy atom. The highest BCUT2D eigenvalue weighted by molar-refractivity contribution is 7.87. The van der Waals surface area contributed by atoms with Gasteiger partial charge in [-0.2, -0.15) is 8.42 Å². The SMILES string of the molecule is COC1COS(=O)(=O)C1. The molecule has 9 heavy (non-hydrogen) atoms. The van der Waals surface area contributed by atoms with E-state index >= 15 is 0 Å². The molecule has 0 aromatic carbocycles. The second-order valence-electron chi connectivity index (χ2n) is 1.87. The minimum absolute atomic E-state index is 0.0104. The zero-order valence-corrected chi connectivity index (χ0v) is 5.85. The van der Waals surface area contributed by atoms with Gasteiger partial charge in [-0.1, -0.05) is 0 Å². The number of rotatable bonds is 1. The fourth-order valence-corrected chi connectivity index (χ4v) is 1.78. The van der Waals surface area contributed by atoms with Crippen LogP contribution in [0.15, 0.2) is 0 Å². The van der Waals surface area contributed by atoms with Crippen molar-refractivity contribution in [1.29, 1.82) is 0 Å². The van der Waals surface area contributed by atoms with Crippen LogP contribution in [0.5, 0.6) is 0 Å². The van der Waals surface area contributed by atoms with E-state index in [1.54, 1.807) is 0 Å². The van der Waals surface area contributed by atoms with Gasteiger partial charge in [0.2, 0.25) is 0 Å². The number of ether oxygens (including phenoxy) is 1. The molecule has 4 nitrogen and oxygen atoms in total. The van der Waals surface area contributed by atoms with Crippen LogP contribution in [0.4, 0.5) is 0 Å². The molecule has 1 rings (SSSR count). The summed E-state index contributed by atoms with van der Waals surface area (Å²) in [5.41, 5.74) is 0. The lowest BCUT2D eigenvalue weighted by Gasteiger charge is -1.98. The molecule has 0 spiro atoms. The molecule has 1 heterocycles. The van der Waals surface area contributed by atoms with Gasteiger partial charge in [0.25, 0.3) is 10.1 Å². The highest BCUT2D eigenvalue weighted by atomic mass is 32.2. The fourth-order valence-electron chi connectivity index (χ4n) is 0.640.